The minimum atomic E-state index is 0.0379. The molecule has 0 spiro atoms. The smallest absolute Gasteiger partial charge is 0.225 e. The van der Waals surface area contributed by atoms with E-state index >= 15 is 0 Å². The lowest BCUT2D eigenvalue weighted by atomic mass is 9.95. The van der Waals surface area contributed by atoms with Crippen molar-refractivity contribution in [2.75, 3.05) is 56.7 Å². The van der Waals surface area contributed by atoms with Crippen LogP contribution >= 0.6 is 0 Å². The number of imidazole rings is 1. The van der Waals surface area contributed by atoms with Crippen molar-refractivity contribution < 1.29 is 9.53 Å². The van der Waals surface area contributed by atoms with Crippen LogP contribution in [-0.2, 0) is 28.9 Å². The Bertz CT molecular complexity index is 962. The summed E-state index contributed by atoms with van der Waals surface area (Å²) in [6, 6.07) is 0. The fourth-order valence-corrected chi connectivity index (χ4v) is 5.37. The van der Waals surface area contributed by atoms with Gasteiger partial charge in [-0.05, 0) is 45.2 Å². The van der Waals surface area contributed by atoms with Crippen molar-refractivity contribution in [1.82, 2.24) is 24.4 Å². The standard InChI is InChI=1S/C24H35N7O2/c1-33-15-8-19-16-31(14-13-29-9-2-3-10-29)23(27-19)18-6-11-30(12-7-18)24-20-4-5-21(32)28-22(20)25-17-26-24/h16-18H,2-15H2,1H3,(H,25,26,28,32). The molecule has 3 aliphatic heterocycles. The van der Waals surface area contributed by atoms with Crippen LogP contribution in [0.3, 0.4) is 0 Å². The number of amides is 1. The lowest BCUT2D eigenvalue weighted by Gasteiger charge is -2.34. The summed E-state index contributed by atoms with van der Waals surface area (Å²) in [4.78, 5) is 30.6. The minimum absolute atomic E-state index is 0.0379. The van der Waals surface area contributed by atoms with Crippen LogP contribution in [0.25, 0.3) is 0 Å². The molecule has 0 unspecified atom stereocenters. The fraction of sp³-hybridized carbons (Fsp3) is 0.667. The lowest BCUT2D eigenvalue weighted by molar-refractivity contribution is -0.116. The van der Waals surface area contributed by atoms with Crippen molar-refractivity contribution in [3.8, 4) is 0 Å². The Hall–Kier alpha value is -2.52. The summed E-state index contributed by atoms with van der Waals surface area (Å²) in [5.41, 5.74) is 2.21. The molecule has 0 atom stereocenters. The highest BCUT2D eigenvalue weighted by Gasteiger charge is 2.29. The number of likely N-dealkylation sites (tertiary alicyclic amines) is 1. The Labute approximate surface area is 195 Å². The zero-order valence-electron chi connectivity index (χ0n) is 19.6. The molecule has 0 radical (unpaired) electrons. The van der Waals surface area contributed by atoms with Crippen LogP contribution in [-0.4, -0.2) is 76.8 Å². The van der Waals surface area contributed by atoms with Crippen LogP contribution in [0.5, 0.6) is 0 Å². The third-order valence-electron chi connectivity index (χ3n) is 7.22. The number of ether oxygens (including phenoxy) is 1. The summed E-state index contributed by atoms with van der Waals surface area (Å²) in [7, 11) is 1.75. The van der Waals surface area contributed by atoms with Crippen molar-refractivity contribution in [1.29, 1.82) is 0 Å². The van der Waals surface area contributed by atoms with E-state index in [4.69, 9.17) is 9.72 Å². The molecule has 3 aliphatic rings. The maximum Gasteiger partial charge on any atom is 0.225 e. The molecular weight excluding hydrogens is 418 g/mol. The van der Waals surface area contributed by atoms with Gasteiger partial charge >= 0.3 is 0 Å². The van der Waals surface area contributed by atoms with Gasteiger partial charge < -0.3 is 24.4 Å². The molecule has 2 aromatic rings. The average Bonchev–Trinajstić information content (AvgIpc) is 3.51. The molecule has 2 fully saturated rings. The summed E-state index contributed by atoms with van der Waals surface area (Å²) < 4.78 is 7.70. The highest BCUT2D eigenvalue weighted by molar-refractivity contribution is 5.93. The van der Waals surface area contributed by atoms with Gasteiger partial charge in [-0.25, -0.2) is 15.0 Å². The first-order chi connectivity index (χ1) is 16.2. The molecular formula is C24H35N7O2. The number of hydrogen-bond donors (Lipinski definition) is 1. The average molecular weight is 454 g/mol. The largest absolute Gasteiger partial charge is 0.384 e. The number of nitrogens with one attached hydrogen (secondary N) is 1. The first-order valence-corrected chi connectivity index (χ1v) is 12.4. The maximum atomic E-state index is 11.7. The third-order valence-corrected chi connectivity index (χ3v) is 7.22. The van der Waals surface area contributed by atoms with E-state index in [1.807, 2.05) is 0 Å². The van der Waals surface area contributed by atoms with Crippen molar-refractivity contribution in [2.45, 2.75) is 57.4 Å². The van der Waals surface area contributed by atoms with Crippen LogP contribution in [0.2, 0.25) is 0 Å². The van der Waals surface area contributed by atoms with E-state index in [1.54, 1.807) is 13.4 Å². The molecule has 0 saturated carbocycles. The van der Waals surface area contributed by atoms with E-state index in [1.165, 1.54) is 31.8 Å². The Balaban J connectivity index is 1.27. The lowest BCUT2D eigenvalue weighted by Crippen LogP contribution is -2.36. The minimum Gasteiger partial charge on any atom is -0.384 e. The van der Waals surface area contributed by atoms with E-state index in [9.17, 15) is 4.79 Å². The molecule has 1 N–H and O–H groups in total. The van der Waals surface area contributed by atoms with Gasteiger partial charge in [-0.3, -0.25) is 4.79 Å². The van der Waals surface area contributed by atoms with Crippen molar-refractivity contribution in [2.24, 2.45) is 0 Å². The van der Waals surface area contributed by atoms with Crippen molar-refractivity contribution in [3.63, 3.8) is 0 Å². The number of carbonyl (C=O) groups excluding carboxylic acids is 1. The molecule has 9 heteroatoms. The molecule has 1 amide bonds. The summed E-state index contributed by atoms with van der Waals surface area (Å²) in [5, 5.41) is 2.89. The molecule has 0 aliphatic carbocycles. The number of aromatic nitrogens is 4. The first-order valence-electron chi connectivity index (χ1n) is 12.4. The van der Waals surface area contributed by atoms with E-state index in [0.717, 1.165) is 62.5 Å². The number of rotatable bonds is 8. The summed E-state index contributed by atoms with van der Waals surface area (Å²) in [5.74, 6) is 3.39. The molecule has 2 saturated heterocycles. The SMILES string of the molecule is COCCc1cn(CCN2CCCC2)c(C2CCN(c3ncnc4c3CCC(=O)N4)CC2)n1. The van der Waals surface area contributed by atoms with Crippen molar-refractivity contribution in [3.05, 3.63) is 29.6 Å². The second kappa shape index (κ2) is 10.2. The van der Waals surface area contributed by atoms with Crippen LogP contribution in [0.1, 0.15) is 55.1 Å². The summed E-state index contributed by atoms with van der Waals surface area (Å²) >= 11 is 0. The number of fused-ring (bicyclic) bond motifs is 1. The zero-order valence-corrected chi connectivity index (χ0v) is 19.6. The van der Waals surface area contributed by atoms with E-state index in [2.05, 4.69) is 35.8 Å². The highest BCUT2D eigenvalue weighted by Crippen LogP contribution is 2.34. The van der Waals surface area contributed by atoms with Crippen LogP contribution in [0.15, 0.2) is 12.5 Å². The van der Waals surface area contributed by atoms with Gasteiger partial charge in [0, 0.05) is 63.8 Å². The number of piperidine rings is 1. The molecule has 2 aromatic heterocycles. The van der Waals surface area contributed by atoms with Gasteiger partial charge in [-0.1, -0.05) is 0 Å². The monoisotopic (exact) mass is 453 g/mol. The Morgan fingerprint density at radius 2 is 1.91 bits per heavy atom. The number of hydrogen-bond acceptors (Lipinski definition) is 7. The molecule has 0 aromatic carbocycles. The topological polar surface area (TPSA) is 88.4 Å². The Kier molecular flexibility index (Phi) is 6.87. The Morgan fingerprint density at radius 3 is 2.70 bits per heavy atom. The zero-order chi connectivity index (χ0) is 22.6. The van der Waals surface area contributed by atoms with Crippen LogP contribution in [0, 0.1) is 0 Å². The quantitative estimate of drug-likeness (QED) is 0.656. The van der Waals surface area contributed by atoms with E-state index < -0.39 is 0 Å². The molecule has 5 rings (SSSR count). The molecule has 0 bridgehead atoms. The van der Waals surface area contributed by atoms with Crippen LogP contribution < -0.4 is 10.2 Å². The fourth-order valence-electron chi connectivity index (χ4n) is 5.37. The number of carbonyl (C=O) groups is 1. The van der Waals surface area contributed by atoms with Gasteiger partial charge in [0.15, 0.2) is 0 Å². The number of methoxy groups -OCH3 is 1. The van der Waals surface area contributed by atoms with Gasteiger partial charge in [0.2, 0.25) is 5.91 Å². The normalized spacial score (nSPS) is 19.7. The maximum absolute atomic E-state index is 11.7. The van der Waals surface area contributed by atoms with Gasteiger partial charge in [0.05, 0.1) is 12.3 Å². The van der Waals surface area contributed by atoms with Gasteiger partial charge in [0.25, 0.3) is 0 Å². The predicted octanol–water partition coefficient (Wildman–Crippen LogP) is 2.23. The van der Waals surface area contributed by atoms with Crippen molar-refractivity contribution >= 4 is 17.5 Å². The second-order valence-electron chi connectivity index (χ2n) is 9.41. The number of anilines is 2. The van der Waals surface area contributed by atoms with Crippen LogP contribution in [0.4, 0.5) is 11.6 Å². The van der Waals surface area contributed by atoms with E-state index in [0.29, 0.717) is 31.2 Å². The third kappa shape index (κ3) is 5.04. The van der Waals surface area contributed by atoms with Gasteiger partial charge in [-0.2, -0.15) is 0 Å². The molecule has 9 nitrogen and oxygen atoms in total. The molecule has 33 heavy (non-hydrogen) atoms. The van der Waals surface area contributed by atoms with E-state index in [-0.39, 0.29) is 5.91 Å². The predicted molar refractivity (Wildman–Crippen MR) is 127 cm³/mol. The first kappa shape index (κ1) is 22.3. The summed E-state index contributed by atoms with van der Waals surface area (Å²) in [6.45, 7) is 7.14. The molecule has 5 heterocycles. The summed E-state index contributed by atoms with van der Waals surface area (Å²) in [6.07, 6.45) is 10.6. The van der Waals surface area contributed by atoms with Gasteiger partial charge in [0.1, 0.15) is 23.8 Å². The highest BCUT2D eigenvalue weighted by atomic mass is 16.5. The molecule has 178 valence electrons. The number of nitrogens with zero attached hydrogens (tertiary/aromatic N) is 6. The second-order valence-corrected chi connectivity index (χ2v) is 9.41. The Morgan fingerprint density at radius 1 is 1.09 bits per heavy atom. The van der Waals surface area contributed by atoms with Gasteiger partial charge in [-0.15, -0.1) is 0 Å².